The smallest absolute Gasteiger partial charge is 0.194 e. The van der Waals surface area contributed by atoms with Crippen LogP contribution in [0, 0.1) is 0 Å². The average molecular weight is 1270 g/mol. The third-order valence-electron chi connectivity index (χ3n) is 11.2. The zero-order chi connectivity index (χ0) is 55.2. The van der Waals surface area contributed by atoms with Gasteiger partial charge in [-0.3, -0.25) is 0 Å². The van der Waals surface area contributed by atoms with E-state index in [0.29, 0.717) is 0 Å². The molecule has 26 heteroatoms. The predicted molar refractivity (Wildman–Crippen MR) is 224 cm³/mol. The summed E-state index contributed by atoms with van der Waals surface area (Å²) in [6.07, 6.45) is -26.8. The number of halogens is 24. The van der Waals surface area contributed by atoms with Crippen LogP contribution in [0.4, 0.5) is 105 Å². The van der Waals surface area contributed by atoms with E-state index >= 15 is 0 Å². The zero-order valence-corrected chi connectivity index (χ0v) is 39.6. The van der Waals surface area contributed by atoms with Crippen molar-refractivity contribution in [1.29, 1.82) is 0 Å². The van der Waals surface area contributed by atoms with Crippen LogP contribution in [0.25, 0.3) is 0 Å². The fourth-order valence-corrected chi connectivity index (χ4v) is 7.82. The van der Waals surface area contributed by atoms with Crippen LogP contribution in [0.15, 0.2) is 121 Å². The fraction of sp³-hybridized carbons (Fsp3) is 0.333. The first-order valence-corrected chi connectivity index (χ1v) is 21.3. The van der Waals surface area contributed by atoms with Crippen LogP contribution in [0.2, 0.25) is 0 Å². The molecule has 0 unspecified atom stereocenters. The minimum absolute atomic E-state index is 0. The Bertz CT molecular complexity index is 2140. The van der Waals surface area contributed by atoms with E-state index in [2.05, 4.69) is 48.6 Å². The molecule has 0 nitrogen and oxygen atoms in total. The molecule has 0 bridgehead atoms. The minimum atomic E-state index is -6.13. The molecule has 0 radical (unpaired) electrons. The van der Waals surface area contributed by atoms with Gasteiger partial charge >= 0.3 is 69.5 Å². The second-order valence-corrected chi connectivity index (χ2v) is 16.5. The Labute approximate surface area is 419 Å². The molecule has 0 saturated heterocycles. The number of rotatable bonds is 4. The molecular weight excluding hydrogens is 1240 g/mol. The summed E-state index contributed by atoms with van der Waals surface area (Å²) in [6, 6.07) is -8.81. The summed E-state index contributed by atoms with van der Waals surface area (Å²) in [5.41, 5.74) is -30.2. The Morgan fingerprint density at radius 2 is 0.365 bits per heavy atom. The monoisotopic (exact) mass is 1270 g/mol. The molecule has 0 spiro atoms. The maximum atomic E-state index is 14.2. The molecule has 0 saturated carbocycles. The van der Waals surface area contributed by atoms with Gasteiger partial charge in [0.15, 0.2) is 0 Å². The Kier molecular flexibility index (Phi) is 20.3. The van der Waals surface area contributed by atoms with E-state index in [1.807, 2.05) is 0 Å². The van der Waals surface area contributed by atoms with Crippen molar-refractivity contribution in [2.75, 3.05) is 0 Å². The van der Waals surface area contributed by atoms with Crippen LogP contribution in [0.5, 0.6) is 0 Å². The quantitative estimate of drug-likeness (QED) is 0.141. The molecule has 0 aromatic heterocycles. The van der Waals surface area contributed by atoms with E-state index in [1.165, 1.54) is 51.4 Å². The summed E-state index contributed by atoms with van der Waals surface area (Å²) in [5.74, 6) is 0. The van der Waals surface area contributed by atoms with E-state index < -0.39 is 195 Å². The van der Waals surface area contributed by atoms with Gasteiger partial charge < -0.3 is 0 Å². The van der Waals surface area contributed by atoms with E-state index in [1.54, 1.807) is 0 Å². The molecule has 0 fully saturated rings. The SMILES string of the molecule is C1=CCCCCC=C1.C1=CCCCCC=C1.FC(F)(F)c1cc([B-](c2cc(C(F)(F)F)cc(C(F)(F)F)c2)(c2cc(C(F)(F)F)cc(C(F)(F)F)c2)c2cc(C(F)(F)F)cc(C(F)(F)F)c2)cc(C(F)(F)F)c1.[Ir+]. The molecule has 0 heterocycles. The van der Waals surface area contributed by atoms with Crippen molar-refractivity contribution in [3.8, 4) is 0 Å². The second-order valence-electron chi connectivity index (χ2n) is 16.5. The van der Waals surface area contributed by atoms with Gasteiger partial charge in [0.1, 0.15) is 6.15 Å². The van der Waals surface area contributed by atoms with Crippen LogP contribution >= 0.6 is 0 Å². The first kappa shape index (κ1) is 63.2. The number of benzene rings is 4. The fourth-order valence-electron chi connectivity index (χ4n) is 7.82. The number of allylic oxidation sites excluding steroid dienone is 8. The number of alkyl halides is 24. The Morgan fingerprint density at radius 1 is 0.230 bits per heavy atom. The molecule has 0 aliphatic heterocycles. The standard InChI is InChI=1S/C32H12BF24.2C8H12.Ir/c34-25(35,36)13-1-14(26(37,38)39)6-21(5-13)33(22-7-15(27(40,41)42)2-16(8-22)28(43,44)45,23-9-17(29(46,47)48)3-18(10-23)30(49,50)51)24-11-19(31(52,53)54)4-20(12-24)32(55,56)57;2*1-2-4-6-8-7-5-3-1;/h1-12H;2*1-4H,5-8H2;/q-1;;;+1. The molecule has 2 aliphatic carbocycles. The number of hydrogen-bond acceptors (Lipinski definition) is 0. The van der Waals surface area contributed by atoms with Gasteiger partial charge in [-0.05, 0) is 75.6 Å². The number of hydrogen-bond donors (Lipinski definition) is 0. The van der Waals surface area contributed by atoms with Gasteiger partial charge in [-0.15, -0.1) is 0 Å². The molecule has 6 rings (SSSR count). The van der Waals surface area contributed by atoms with E-state index in [9.17, 15) is 105 Å². The molecule has 4 aromatic carbocycles. The van der Waals surface area contributed by atoms with Crippen molar-refractivity contribution < 1.29 is 125 Å². The maximum absolute atomic E-state index is 14.2. The molecule has 408 valence electrons. The molecule has 0 atom stereocenters. The van der Waals surface area contributed by atoms with Crippen LogP contribution in [0.3, 0.4) is 0 Å². The Hall–Kier alpha value is -5.13. The second kappa shape index (κ2) is 23.8. The summed E-state index contributed by atoms with van der Waals surface area (Å²) in [7, 11) is 0. The van der Waals surface area contributed by atoms with Crippen LogP contribution in [0.1, 0.15) is 95.9 Å². The molecular formula is C48H36BF24Ir. The van der Waals surface area contributed by atoms with Crippen molar-refractivity contribution in [2.45, 2.75) is 101 Å². The van der Waals surface area contributed by atoms with Gasteiger partial charge in [0.05, 0.1) is 44.5 Å². The average Bonchev–Trinajstić information content (AvgIpc) is 3.21. The molecule has 74 heavy (non-hydrogen) atoms. The molecule has 0 amide bonds. The van der Waals surface area contributed by atoms with Crippen molar-refractivity contribution in [2.24, 2.45) is 0 Å². The minimum Gasteiger partial charge on any atom is -0.194 e. The Morgan fingerprint density at radius 3 is 0.486 bits per heavy atom. The van der Waals surface area contributed by atoms with Crippen LogP contribution in [-0.4, -0.2) is 6.15 Å². The van der Waals surface area contributed by atoms with Gasteiger partial charge in [0.25, 0.3) is 0 Å². The topological polar surface area (TPSA) is 0 Å². The summed E-state index contributed by atoms with van der Waals surface area (Å²) < 4.78 is 341. The van der Waals surface area contributed by atoms with Gasteiger partial charge in [-0.1, -0.05) is 97.1 Å². The third-order valence-corrected chi connectivity index (χ3v) is 11.2. The summed E-state index contributed by atoms with van der Waals surface area (Å²) in [4.78, 5) is 0. The first-order valence-electron chi connectivity index (χ1n) is 21.3. The largest absolute Gasteiger partial charge is 1.00 e. The van der Waals surface area contributed by atoms with Crippen LogP contribution < -0.4 is 21.9 Å². The van der Waals surface area contributed by atoms with Gasteiger partial charge in [0, 0.05) is 0 Å². The summed E-state index contributed by atoms with van der Waals surface area (Å²) in [6.45, 7) is 0. The van der Waals surface area contributed by atoms with E-state index in [-0.39, 0.29) is 20.1 Å². The molecule has 4 aromatic rings. The normalized spacial score (nSPS) is 15.4. The summed E-state index contributed by atoms with van der Waals surface area (Å²) >= 11 is 0. The summed E-state index contributed by atoms with van der Waals surface area (Å²) in [5, 5.41) is 0. The maximum Gasteiger partial charge on any atom is 1.00 e. The van der Waals surface area contributed by atoms with Crippen molar-refractivity contribution in [1.82, 2.24) is 0 Å². The third kappa shape index (κ3) is 16.9. The van der Waals surface area contributed by atoms with Gasteiger partial charge in [-0.25, -0.2) is 0 Å². The zero-order valence-electron chi connectivity index (χ0n) is 37.2. The van der Waals surface area contributed by atoms with Crippen molar-refractivity contribution >= 4 is 28.0 Å². The molecule has 2 aliphatic rings. The first-order chi connectivity index (χ1) is 33.3. The Balaban J connectivity index is 0.000000717. The van der Waals surface area contributed by atoms with Crippen molar-refractivity contribution in [3.63, 3.8) is 0 Å². The van der Waals surface area contributed by atoms with E-state index in [4.69, 9.17) is 0 Å². The van der Waals surface area contributed by atoms with Crippen LogP contribution in [-0.2, 0) is 69.5 Å². The van der Waals surface area contributed by atoms with Gasteiger partial charge in [0.2, 0.25) is 0 Å². The van der Waals surface area contributed by atoms with Crippen molar-refractivity contribution in [3.05, 3.63) is 166 Å². The van der Waals surface area contributed by atoms with Gasteiger partial charge in [-0.2, -0.15) is 127 Å². The predicted octanol–water partition coefficient (Wildman–Crippen LogP) is 16.6. The molecule has 0 N–H and O–H groups in total. The van der Waals surface area contributed by atoms with E-state index in [0.717, 1.165) is 0 Å².